The molecule has 4 rings (SSSR count). The van der Waals surface area contributed by atoms with Gasteiger partial charge >= 0.3 is 0 Å². The molecule has 0 aliphatic carbocycles. The molecule has 0 saturated carbocycles. The molecule has 0 aliphatic rings. The van der Waals surface area contributed by atoms with Gasteiger partial charge in [0.2, 0.25) is 0 Å². The lowest BCUT2D eigenvalue weighted by molar-refractivity contribution is 0.101. The van der Waals surface area contributed by atoms with E-state index in [4.69, 9.17) is 10.2 Å². The Morgan fingerprint density at radius 3 is 2.69 bits per heavy atom. The third kappa shape index (κ3) is 2.73. The van der Waals surface area contributed by atoms with E-state index in [9.17, 15) is 4.79 Å². The predicted octanol–water partition coefficient (Wildman–Crippen LogP) is 4.65. The molecule has 3 heterocycles. The van der Waals surface area contributed by atoms with Crippen molar-refractivity contribution >= 4 is 22.5 Å². The van der Waals surface area contributed by atoms with Gasteiger partial charge in [-0.1, -0.05) is 12.1 Å². The zero-order valence-electron chi connectivity index (χ0n) is 14.5. The SMILES string of the molecule is CC(=O)c1cc(-c2ccc3ncccc3c2)c(-c2ccc(C)o2)nc1N. The number of carbonyl (C=O) groups excluding carboxylic acids is 1. The summed E-state index contributed by atoms with van der Waals surface area (Å²) in [5.74, 6) is 1.48. The molecule has 0 saturated heterocycles. The standard InChI is InChI=1S/C21H17N3O2/c1-12-5-8-19(26-12)20-17(11-16(13(2)25)21(22)24-20)14-6-7-18-15(10-14)4-3-9-23-18/h3-11H,1-2H3,(H2,22,24). The summed E-state index contributed by atoms with van der Waals surface area (Å²) in [5, 5.41) is 1.01. The van der Waals surface area contributed by atoms with Gasteiger partial charge in [-0.2, -0.15) is 0 Å². The average molecular weight is 343 g/mol. The Morgan fingerprint density at radius 2 is 1.96 bits per heavy atom. The highest BCUT2D eigenvalue weighted by Crippen LogP contribution is 2.35. The van der Waals surface area contributed by atoms with E-state index in [1.54, 1.807) is 12.3 Å². The number of furan rings is 1. The summed E-state index contributed by atoms with van der Waals surface area (Å²) in [7, 11) is 0. The highest BCUT2D eigenvalue weighted by atomic mass is 16.3. The van der Waals surface area contributed by atoms with Gasteiger partial charge < -0.3 is 10.2 Å². The largest absolute Gasteiger partial charge is 0.460 e. The van der Waals surface area contributed by atoms with Crippen LogP contribution in [0.3, 0.4) is 0 Å². The number of Topliss-reactive ketones (excluding diaryl/α,β-unsaturated/α-hetero) is 1. The monoisotopic (exact) mass is 343 g/mol. The van der Waals surface area contributed by atoms with Gasteiger partial charge in [-0.25, -0.2) is 4.98 Å². The van der Waals surface area contributed by atoms with Gasteiger partial charge in [0, 0.05) is 17.1 Å². The van der Waals surface area contributed by atoms with Crippen molar-refractivity contribution in [3.63, 3.8) is 0 Å². The second kappa shape index (κ2) is 6.11. The van der Waals surface area contributed by atoms with Gasteiger partial charge in [0.15, 0.2) is 11.5 Å². The van der Waals surface area contributed by atoms with Crippen molar-refractivity contribution in [2.45, 2.75) is 13.8 Å². The van der Waals surface area contributed by atoms with Crippen LogP contribution in [0.1, 0.15) is 23.0 Å². The number of rotatable bonds is 3. The lowest BCUT2D eigenvalue weighted by Gasteiger charge is -2.12. The summed E-state index contributed by atoms with van der Waals surface area (Å²) in [4.78, 5) is 20.8. The fourth-order valence-corrected chi connectivity index (χ4v) is 3.02. The van der Waals surface area contributed by atoms with Crippen LogP contribution in [0, 0.1) is 6.92 Å². The highest BCUT2D eigenvalue weighted by Gasteiger charge is 2.18. The Hall–Kier alpha value is -3.47. The first kappa shape index (κ1) is 16.0. The second-order valence-electron chi connectivity index (χ2n) is 6.19. The molecule has 4 aromatic rings. The molecule has 2 N–H and O–H groups in total. The second-order valence-corrected chi connectivity index (χ2v) is 6.19. The fourth-order valence-electron chi connectivity index (χ4n) is 3.02. The maximum Gasteiger partial charge on any atom is 0.163 e. The number of ketones is 1. The van der Waals surface area contributed by atoms with Crippen LogP contribution in [0.2, 0.25) is 0 Å². The Kier molecular flexibility index (Phi) is 3.77. The first-order valence-corrected chi connectivity index (χ1v) is 8.26. The van der Waals surface area contributed by atoms with Crippen molar-refractivity contribution < 1.29 is 9.21 Å². The van der Waals surface area contributed by atoms with Crippen LogP contribution >= 0.6 is 0 Å². The molecule has 0 unspecified atom stereocenters. The number of carbonyl (C=O) groups is 1. The first-order valence-electron chi connectivity index (χ1n) is 8.26. The summed E-state index contributed by atoms with van der Waals surface area (Å²) in [6, 6.07) is 15.4. The van der Waals surface area contributed by atoms with Crippen LogP contribution in [0.15, 0.2) is 59.1 Å². The maximum absolute atomic E-state index is 12.0. The predicted molar refractivity (Wildman–Crippen MR) is 102 cm³/mol. The Bertz CT molecular complexity index is 1150. The van der Waals surface area contributed by atoms with Gasteiger partial charge in [0.25, 0.3) is 0 Å². The molecule has 3 aromatic heterocycles. The molecule has 0 aliphatic heterocycles. The van der Waals surface area contributed by atoms with Gasteiger partial charge in [-0.15, -0.1) is 0 Å². The van der Waals surface area contributed by atoms with Crippen molar-refractivity contribution in [2.75, 3.05) is 5.73 Å². The molecule has 0 amide bonds. The summed E-state index contributed by atoms with van der Waals surface area (Å²) in [6.45, 7) is 3.36. The third-order valence-corrected chi connectivity index (χ3v) is 4.32. The number of aryl methyl sites for hydroxylation is 1. The zero-order chi connectivity index (χ0) is 18.3. The van der Waals surface area contributed by atoms with Gasteiger partial charge in [-0.3, -0.25) is 9.78 Å². The van der Waals surface area contributed by atoms with Crippen molar-refractivity contribution in [3.05, 3.63) is 66.1 Å². The number of nitrogens with zero attached hydrogens (tertiary/aromatic N) is 2. The quantitative estimate of drug-likeness (QED) is 0.548. The molecular weight excluding hydrogens is 326 g/mol. The minimum absolute atomic E-state index is 0.124. The maximum atomic E-state index is 12.0. The topological polar surface area (TPSA) is 82.0 Å². The summed E-state index contributed by atoms with van der Waals surface area (Å²) in [6.07, 6.45) is 1.76. The molecule has 5 heteroatoms. The molecule has 0 atom stereocenters. The fraction of sp³-hybridized carbons (Fsp3) is 0.0952. The number of nitrogens with two attached hydrogens (primary N) is 1. The lowest BCUT2D eigenvalue weighted by atomic mass is 9.98. The Labute approximate surface area is 150 Å². The number of hydrogen-bond acceptors (Lipinski definition) is 5. The summed E-state index contributed by atoms with van der Waals surface area (Å²) >= 11 is 0. The normalized spacial score (nSPS) is 11.0. The van der Waals surface area contributed by atoms with E-state index in [1.807, 2.05) is 49.4 Å². The van der Waals surface area contributed by atoms with E-state index in [1.165, 1.54) is 6.92 Å². The van der Waals surface area contributed by atoms with Crippen molar-refractivity contribution in [1.82, 2.24) is 9.97 Å². The van der Waals surface area contributed by atoms with Crippen LogP contribution < -0.4 is 5.73 Å². The zero-order valence-corrected chi connectivity index (χ0v) is 14.5. The van der Waals surface area contributed by atoms with Crippen LogP contribution in [0.5, 0.6) is 0 Å². The van der Waals surface area contributed by atoms with E-state index < -0.39 is 0 Å². The third-order valence-electron chi connectivity index (χ3n) is 4.32. The van der Waals surface area contributed by atoms with Crippen LogP contribution in [0.25, 0.3) is 33.5 Å². The van der Waals surface area contributed by atoms with Crippen molar-refractivity contribution in [3.8, 4) is 22.6 Å². The van der Waals surface area contributed by atoms with Crippen LogP contribution in [0.4, 0.5) is 5.82 Å². The number of aromatic nitrogens is 2. The molecule has 0 spiro atoms. The minimum Gasteiger partial charge on any atom is -0.460 e. The molecule has 0 bridgehead atoms. The number of pyridine rings is 2. The van der Waals surface area contributed by atoms with E-state index in [0.29, 0.717) is 17.0 Å². The first-order chi connectivity index (χ1) is 12.5. The molecule has 0 fully saturated rings. The van der Waals surface area contributed by atoms with Crippen molar-refractivity contribution in [2.24, 2.45) is 0 Å². The summed E-state index contributed by atoms with van der Waals surface area (Å²) in [5.41, 5.74) is 9.66. The average Bonchev–Trinajstić information content (AvgIpc) is 3.07. The van der Waals surface area contributed by atoms with Crippen molar-refractivity contribution in [1.29, 1.82) is 0 Å². The molecular formula is C21H17N3O2. The van der Waals surface area contributed by atoms with Crippen LogP contribution in [-0.4, -0.2) is 15.8 Å². The number of fused-ring (bicyclic) bond motifs is 1. The van der Waals surface area contributed by atoms with E-state index in [-0.39, 0.29) is 11.6 Å². The molecule has 128 valence electrons. The molecule has 5 nitrogen and oxygen atoms in total. The van der Waals surface area contributed by atoms with E-state index in [2.05, 4.69) is 9.97 Å². The molecule has 0 radical (unpaired) electrons. The Balaban J connectivity index is 2.00. The van der Waals surface area contributed by atoms with E-state index >= 15 is 0 Å². The smallest absolute Gasteiger partial charge is 0.163 e. The van der Waals surface area contributed by atoms with Gasteiger partial charge in [0.05, 0.1) is 11.1 Å². The minimum atomic E-state index is -0.124. The van der Waals surface area contributed by atoms with Gasteiger partial charge in [-0.05, 0) is 55.8 Å². The molecule has 1 aromatic carbocycles. The number of hydrogen-bond donors (Lipinski definition) is 1. The summed E-state index contributed by atoms with van der Waals surface area (Å²) < 4.78 is 5.76. The van der Waals surface area contributed by atoms with Gasteiger partial charge in [0.1, 0.15) is 17.3 Å². The number of benzene rings is 1. The highest BCUT2D eigenvalue weighted by molar-refractivity contribution is 6.01. The van der Waals surface area contributed by atoms with Crippen LogP contribution in [-0.2, 0) is 0 Å². The number of anilines is 1. The number of nitrogen functional groups attached to an aromatic ring is 1. The Morgan fingerprint density at radius 1 is 1.12 bits per heavy atom. The molecule has 26 heavy (non-hydrogen) atoms. The lowest BCUT2D eigenvalue weighted by Crippen LogP contribution is -2.04. The van der Waals surface area contributed by atoms with E-state index in [0.717, 1.165) is 27.8 Å².